The molecule has 10 nitrogen and oxygen atoms in total. The molecule has 0 atom stereocenters. The van der Waals surface area contributed by atoms with Crippen LogP contribution in [0.25, 0.3) is 22.2 Å². The van der Waals surface area contributed by atoms with Crippen LogP contribution in [0.15, 0.2) is 30.6 Å². The highest BCUT2D eigenvalue weighted by atomic mass is 16.5. The maximum absolute atomic E-state index is 13.7. The number of hydrogen-bond acceptors (Lipinski definition) is 8. The lowest BCUT2D eigenvalue weighted by molar-refractivity contribution is 0.0783. The number of anilines is 2. The van der Waals surface area contributed by atoms with Gasteiger partial charge >= 0.3 is 0 Å². The summed E-state index contributed by atoms with van der Waals surface area (Å²) in [6.45, 7) is 6.92. The van der Waals surface area contributed by atoms with Crippen molar-refractivity contribution in [2.45, 2.75) is 45.4 Å². The van der Waals surface area contributed by atoms with Crippen molar-refractivity contribution in [2.24, 2.45) is 7.05 Å². The fraction of sp³-hybridized carbons (Fsp3) is 0.406. The largest absolute Gasteiger partial charge is 0.496 e. The second-order valence-electron chi connectivity index (χ2n) is 11.1. The van der Waals surface area contributed by atoms with E-state index in [1.807, 2.05) is 35.6 Å². The molecular formula is C32H37N7O3. The molecule has 6 heterocycles. The smallest absolute Gasteiger partial charge is 0.270 e. The third kappa shape index (κ3) is 4.89. The molecule has 218 valence electrons. The molecule has 0 bridgehead atoms. The molecule has 4 aromatic rings. The topological polar surface area (TPSA) is 118 Å². The summed E-state index contributed by atoms with van der Waals surface area (Å²) in [5.41, 5.74) is 7.19. The van der Waals surface area contributed by atoms with Gasteiger partial charge in [-0.05, 0) is 57.2 Å². The van der Waals surface area contributed by atoms with Crippen LogP contribution in [0.1, 0.15) is 64.6 Å². The number of ether oxygens (including phenoxy) is 2. The summed E-state index contributed by atoms with van der Waals surface area (Å²) in [4.78, 5) is 29.9. The summed E-state index contributed by atoms with van der Waals surface area (Å²) < 4.78 is 13.3. The summed E-state index contributed by atoms with van der Waals surface area (Å²) in [5.74, 6) is 1.63. The molecule has 0 aromatic carbocycles. The molecule has 2 N–H and O–H groups in total. The van der Waals surface area contributed by atoms with Crippen LogP contribution in [-0.2, 0) is 11.8 Å². The Hall–Kier alpha value is -4.31. The summed E-state index contributed by atoms with van der Waals surface area (Å²) >= 11 is 0. The van der Waals surface area contributed by atoms with Gasteiger partial charge in [0.1, 0.15) is 17.3 Å². The lowest BCUT2D eigenvalue weighted by atomic mass is 9.92. The average Bonchev–Trinajstić information content (AvgIpc) is 3.64. The highest BCUT2D eigenvalue weighted by Gasteiger charge is 2.30. The van der Waals surface area contributed by atoms with Crippen LogP contribution in [0, 0.1) is 19.3 Å². The van der Waals surface area contributed by atoms with Gasteiger partial charge in [0.25, 0.3) is 5.91 Å². The minimum Gasteiger partial charge on any atom is -0.496 e. The van der Waals surface area contributed by atoms with Gasteiger partial charge in [-0.15, -0.1) is 0 Å². The van der Waals surface area contributed by atoms with E-state index in [0.717, 1.165) is 72.2 Å². The first-order chi connectivity index (χ1) is 20.4. The van der Waals surface area contributed by atoms with E-state index in [2.05, 4.69) is 17.2 Å². The number of methoxy groups -OCH3 is 1. The highest BCUT2D eigenvalue weighted by Crippen LogP contribution is 2.38. The van der Waals surface area contributed by atoms with E-state index in [1.165, 1.54) is 6.21 Å². The predicted octanol–water partition coefficient (Wildman–Crippen LogP) is 5.53. The second kappa shape index (κ2) is 11.5. The summed E-state index contributed by atoms with van der Waals surface area (Å²) in [6.07, 6.45) is 8.57. The van der Waals surface area contributed by atoms with Crippen LogP contribution in [0.3, 0.4) is 0 Å². The van der Waals surface area contributed by atoms with Crippen molar-refractivity contribution < 1.29 is 14.3 Å². The zero-order valence-corrected chi connectivity index (χ0v) is 24.7. The van der Waals surface area contributed by atoms with Crippen LogP contribution in [-0.4, -0.2) is 70.0 Å². The number of fused-ring (bicyclic) bond motifs is 1. The van der Waals surface area contributed by atoms with E-state index >= 15 is 0 Å². The van der Waals surface area contributed by atoms with Gasteiger partial charge in [-0.2, -0.15) is 0 Å². The van der Waals surface area contributed by atoms with Crippen LogP contribution >= 0.6 is 0 Å². The summed E-state index contributed by atoms with van der Waals surface area (Å²) in [7, 11) is 3.60. The van der Waals surface area contributed by atoms with Gasteiger partial charge in [-0.1, -0.05) is 0 Å². The van der Waals surface area contributed by atoms with Crippen molar-refractivity contribution in [3.8, 4) is 17.0 Å². The molecule has 6 rings (SSSR count). The first-order valence-corrected chi connectivity index (χ1v) is 14.6. The molecule has 42 heavy (non-hydrogen) atoms. The van der Waals surface area contributed by atoms with Crippen LogP contribution < -0.4 is 10.1 Å². The molecule has 0 aliphatic carbocycles. The van der Waals surface area contributed by atoms with Crippen molar-refractivity contribution in [3.05, 3.63) is 58.8 Å². The van der Waals surface area contributed by atoms with Gasteiger partial charge in [-0.25, -0.2) is 4.98 Å². The Balaban J connectivity index is 1.50. The first kappa shape index (κ1) is 27.8. The van der Waals surface area contributed by atoms with Crippen LogP contribution in [0.4, 0.5) is 11.5 Å². The van der Waals surface area contributed by atoms with Crippen LogP contribution in [0.5, 0.6) is 5.75 Å². The molecule has 2 saturated heterocycles. The van der Waals surface area contributed by atoms with E-state index < -0.39 is 0 Å². The monoisotopic (exact) mass is 567 g/mol. The zero-order chi connectivity index (χ0) is 29.4. The van der Waals surface area contributed by atoms with E-state index in [1.54, 1.807) is 25.6 Å². The van der Waals surface area contributed by atoms with Crippen molar-refractivity contribution in [3.63, 3.8) is 0 Å². The number of carbonyl (C=O) groups excluding carboxylic acids is 1. The Morgan fingerprint density at radius 2 is 1.93 bits per heavy atom. The Labute approximate surface area is 245 Å². The molecule has 2 aliphatic heterocycles. The molecule has 0 radical (unpaired) electrons. The van der Waals surface area contributed by atoms with Gasteiger partial charge in [0.05, 0.1) is 35.3 Å². The molecule has 0 saturated carbocycles. The fourth-order valence-corrected chi connectivity index (χ4v) is 6.39. The van der Waals surface area contributed by atoms with Gasteiger partial charge in [0.2, 0.25) is 0 Å². The number of rotatable bonds is 7. The van der Waals surface area contributed by atoms with E-state index in [9.17, 15) is 4.79 Å². The highest BCUT2D eigenvalue weighted by molar-refractivity contribution is 6.03. The van der Waals surface area contributed by atoms with E-state index in [-0.39, 0.29) is 11.8 Å². The van der Waals surface area contributed by atoms with Gasteiger partial charge < -0.3 is 29.7 Å². The number of likely N-dealkylation sites (tertiary alicyclic amines) is 1. The lowest BCUT2D eigenvalue weighted by Crippen LogP contribution is -2.29. The summed E-state index contributed by atoms with van der Waals surface area (Å²) in [6, 6.07) is 5.73. The first-order valence-electron chi connectivity index (χ1n) is 14.6. The van der Waals surface area contributed by atoms with Gasteiger partial charge in [-0.3, -0.25) is 14.8 Å². The van der Waals surface area contributed by atoms with Crippen LogP contribution in [0.2, 0.25) is 0 Å². The number of amides is 1. The summed E-state index contributed by atoms with van der Waals surface area (Å²) in [5, 5.41) is 12.7. The molecule has 10 heteroatoms. The van der Waals surface area contributed by atoms with E-state index in [4.69, 9.17) is 24.9 Å². The minimum absolute atomic E-state index is 0.0852. The maximum atomic E-state index is 13.7. The zero-order valence-electron chi connectivity index (χ0n) is 24.7. The van der Waals surface area contributed by atoms with Crippen molar-refractivity contribution in [2.75, 3.05) is 38.7 Å². The standard InChI is InChI=1S/C32H37N7O3/c1-19-29-26(38(3)31(19)32(40)39-11-5-6-12-39)16-28(37-30(29)21-8-13-42-14-9-21)36-24-15-25(35-20(2)22(24)17-33)23-18-34-10-7-27(23)41-4/h7,10,15-18,21,33H,5-6,8-9,11-14H2,1-4H3,(H,35,36,37). The van der Waals surface area contributed by atoms with Crippen molar-refractivity contribution in [1.82, 2.24) is 24.4 Å². The Kier molecular flexibility index (Phi) is 7.64. The normalized spacial score (nSPS) is 15.8. The van der Waals surface area contributed by atoms with E-state index in [0.29, 0.717) is 47.4 Å². The number of aromatic nitrogens is 4. The Morgan fingerprint density at radius 3 is 2.64 bits per heavy atom. The maximum Gasteiger partial charge on any atom is 0.270 e. The minimum atomic E-state index is 0.0852. The molecule has 0 spiro atoms. The number of carbonyl (C=O) groups is 1. The molecular weight excluding hydrogens is 530 g/mol. The van der Waals surface area contributed by atoms with Gasteiger partial charge in [0, 0.05) is 80.6 Å². The Bertz CT molecular complexity index is 1670. The average molecular weight is 568 g/mol. The SMILES string of the molecule is COc1ccncc1-c1cc(Nc2cc3c(c(C4CCOCC4)n2)c(C)c(C(=O)N2CCCC2)n3C)c(C=N)c(C)n1. The quantitative estimate of drug-likeness (QED) is 0.282. The molecule has 2 aliphatic rings. The van der Waals surface area contributed by atoms with Gasteiger partial charge in [0.15, 0.2) is 0 Å². The second-order valence-corrected chi connectivity index (χ2v) is 11.1. The third-order valence-electron chi connectivity index (χ3n) is 8.59. The number of nitrogens with zero attached hydrogens (tertiary/aromatic N) is 5. The third-order valence-corrected chi connectivity index (χ3v) is 8.59. The van der Waals surface area contributed by atoms with Crippen molar-refractivity contribution in [1.29, 1.82) is 5.41 Å². The predicted molar refractivity (Wildman–Crippen MR) is 163 cm³/mol. The fourth-order valence-electron chi connectivity index (χ4n) is 6.39. The number of hydrogen-bond donors (Lipinski definition) is 2. The van der Waals surface area contributed by atoms with Crippen molar-refractivity contribution >= 4 is 34.5 Å². The lowest BCUT2D eigenvalue weighted by Gasteiger charge is -2.23. The molecule has 0 unspecified atom stereocenters. The molecule has 4 aromatic heterocycles. The Morgan fingerprint density at radius 1 is 1.17 bits per heavy atom. The molecule has 1 amide bonds. The number of nitrogens with one attached hydrogen (secondary N) is 2. The molecule has 2 fully saturated rings. The number of aryl methyl sites for hydroxylation is 3. The number of pyridine rings is 3.